The molecule has 0 spiro atoms. The van der Waals surface area contributed by atoms with Crippen molar-refractivity contribution in [2.45, 2.75) is 51.7 Å². The normalized spacial score (nSPS) is 24.6. The summed E-state index contributed by atoms with van der Waals surface area (Å²) in [5.41, 5.74) is -0.475. The molecule has 0 aromatic rings. The van der Waals surface area contributed by atoms with Gasteiger partial charge in [-0.15, -0.1) is 0 Å². The lowest BCUT2D eigenvalue weighted by atomic mass is 10.0. The molecule has 1 N–H and O–H groups in total. The van der Waals surface area contributed by atoms with E-state index in [1.807, 2.05) is 20.8 Å². The van der Waals surface area contributed by atoms with Crippen molar-refractivity contribution < 1.29 is 24.2 Å². The molecule has 0 amide bonds. The first kappa shape index (κ1) is 14.0. The molecule has 0 radical (unpaired) electrons. The molecule has 2 unspecified atom stereocenters. The van der Waals surface area contributed by atoms with Crippen LogP contribution in [0.2, 0.25) is 0 Å². The largest absolute Gasteiger partial charge is 0.481 e. The summed E-state index contributed by atoms with van der Waals surface area (Å²) in [6.45, 7) is 5.70. The van der Waals surface area contributed by atoms with Crippen LogP contribution in [0.4, 0.5) is 0 Å². The van der Waals surface area contributed by atoms with Gasteiger partial charge in [-0.25, -0.2) is 0 Å². The SMILES string of the molecule is CC(C)(C)OC(=O)CCC1CC(C(=O)O)CO1. The molecule has 0 saturated carbocycles. The van der Waals surface area contributed by atoms with Crippen molar-refractivity contribution in [2.24, 2.45) is 5.92 Å². The fourth-order valence-electron chi connectivity index (χ4n) is 1.75. The van der Waals surface area contributed by atoms with E-state index in [0.717, 1.165) is 0 Å². The fraction of sp³-hybridized carbons (Fsp3) is 0.833. The Balaban J connectivity index is 2.24. The fourth-order valence-corrected chi connectivity index (χ4v) is 1.75. The van der Waals surface area contributed by atoms with E-state index in [1.54, 1.807) is 0 Å². The summed E-state index contributed by atoms with van der Waals surface area (Å²) in [6.07, 6.45) is 1.15. The summed E-state index contributed by atoms with van der Waals surface area (Å²) < 4.78 is 10.5. The number of carbonyl (C=O) groups excluding carboxylic acids is 1. The smallest absolute Gasteiger partial charge is 0.308 e. The molecule has 1 aliphatic rings. The number of aliphatic carboxylic acids is 1. The molecule has 0 aliphatic carbocycles. The minimum absolute atomic E-state index is 0.136. The monoisotopic (exact) mass is 244 g/mol. The number of rotatable bonds is 4. The first-order valence-corrected chi connectivity index (χ1v) is 5.84. The first-order valence-electron chi connectivity index (χ1n) is 5.84. The van der Waals surface area contributed by atoms with Crippen LogP contribution < -0.4 is 0 Å². The number of hydrogen-bond acceptors (Lipinski definition) is 4. The number of esters is 1. The van der Waals surface area contributed by atoms with Crippen LogP contribution in [0.5, 0.6) is 0 Å². The Morgan fingerprint density at radius 2 is 2.06 bits per heavy atom. The van der Waals surface area contributed by atoms with Crippen LogP contribution in [0.3, 0.4) is 0 Å². The maximum absolute atomic E-state index is 11.4. The molecule has 17 heavy (non-hydrogen) atoms. The third-order valence-electron chi connectivity index (χ3n) is 2.52. The van der Waals surface area contributed by atoms with E-state index in [1.165, 1.54) is 0 Å². The Morgan fingerprint density at radius 1 is 1.41 bits per heavy atom. The van der Waals surface area contributed by atoms with Crippen LogP contribution in [0.25, 0.3) is 0 Å². The Kier molecular flexibility index (Phi) is 4.51. The summed E-state index contributed by atoms with van der Waals surface area (Å²) in [6, 6.07) is 0. The van der Waals surface area contributed by atoms with Gasteiger partial charge in [0.05, 0.1) is 18.6 Å². The maximum atomic E-state index is 11.4. The highest BCUT2D eigenvalue weighted by Gasteiger charge is 2.31. The summed E-state index contributed by atoms with van der Waals surface area (Å²) >= 11 is 0. The molecule has 1 aliphatic heterocycles. The molecular weight excluding hydrogens is 224 g/mol. The van der Waals surface area contributed by atoms with E-state index < -0.39 is 17.5 Å². The summed E-state index contributed by atoms with van der Waals surface area (Å²) in [5.74, 6) is -1.52. The van der Waals surface area contributed by atoms with Crippen molar-refractivity contribution >= 4 is 11.9 Å². The molecule has 1 fully saturated rings. The zero-order chi connectivity index (χ0) is 13.1. The van der Waals surface area contributed by atoms with Gasteiger partial charge in [0.1, 0.15) is 5.60 Å². The second-order valence-electron chi connectivity index (χ2n) is 5.35. The second kappa shape index (κ2) is 5.49. The lowest BCUT2D eigenvalue weighted by Crippen LogP contribution is -2.24. The third kappa shape index (κ3) is 5.17. The van der Waals surface area contributed by atoms with Crippen LogP contribution in [0.1, 0.15) is 40.0 Å². The highest BCUT2D eigenvalue weighted by atomic mass is 16.6. The molecule has 0 aromatic carbocycles. The van der Waals surface area contributed by atoms with Gasteiger partial charge >= 0.3 is 11.9 Å². The molecule has 1 rings (SSSR count). The van der Waals surface area contributed by atoms with Gasteiger partial charge in [-0.2, -0.15) is 0 Å². The van der Waals surface area contributed by atoms with Crippen LogP contribution in [-0.2, 0) is 19.1 Å². The summed E-state index contributed by atoms with van der Waals surface area (Å²) in [7, 11) is 0. The zero-order valence-corrected chi connectivity index (χ0v) is 10.6. The Labute approximate surface area is 101 Å². The maximum Gasteiger partial charge on any atom is 0.308 e. The molecule has 1 saturated heterocycles. The average Bonchev–Trinajstić information content (AvgIpc) is 2.60. The standard InChI is InChI=1S/C12H20O5/c1-12(2,3)17-10(13)5-4-9-6-8(7-16-9)11(14)15/h8-9H,4-7H2,1-3H3,(H,14,15). The Hall–Kier alpha value is -1.10. The van der Waals surface area contributed by atoms with E-state index in [-0.39, 0.29) is 25.1 Å². The van der Waals surface area contributed by atoms with Gasteiger partial charge < -0.3 is 14.6 Å². The van der Waals surface area contributed by atoms with Crippen molar-refractivity contribution in [1.82, 2.24) is 0 Å². The van der Waals surface area contributed by atoms with E-state index in [0.29, 0.717) is 12.8 Å². The predicted molar refractivity (Wildman–Crippen MR) is 60.6 cm³/mol. The highest BCUT2D eigenvalue weighted by Crippen LogP contribution is 2.23. The van der Waals surface area contributed by atoms with Gasteiger partial charge in [0, 0.05) is 6.42 Å². The van der Waals surface area contributed by atoms with Gasteiger partial charge in [0.2, 0.25) is 0 Å². The van der Waals surface area contributed by atoms with Gasteiger partial charge in [0.15, 0.2) is 0 Å². The van der Waals surface area contributed by atoms with Crippen LogP contribution in [0, 0.1) is 5.92 Å². The molecule has 1 heterocycles. The summed E-state index contributed by atoms with van der Waals surface area (Å²) in [4.78, 5) is 22.1. The lowest BCUT2D eigenvalue weighted by Gasteiger charge is -2.20. The number of carboxylic acid groups (broad SMARTS) is 1. The summed E-state index contributed by atoms with van der Waals surface area (Å²) in [5, 5.41) is 8.79. The van der Waals surface area contributed by atoms with Crippen LogP contribution >= 0.6 is 0 Å². The van der Waals surface area contributed by atoms with Crippen molar-refractivity contribution in [2.75, 3.05) is 6.61 Å². The van der Waals surface area contributed by atoms with Crippen LogP contribution in [0.15, 0.2) is 0 Å². The third-order valence-corrected chi connectivity index (χ3v) is 2.52. The first-order chi connectivity index (χ1) is 7.78. The topological polar surface area (TPSA) is 72.8 Å². The molecule has 5 heteroatoms. The Morgan fingerprint density at radius 3 is 2.53 bits per heavy atom. The molecule has 98 valence electrons. The number of carboxylic acids is 1. The van der Waals surface area contributed by atoms with Crippen molar-refractivity contribution in [3.63, 3.8) is 0 Å². The predicted octanol–water partition coefficient (Wildman–Crippen LogP) is 1.60. The van der Waals surface area contributed by atoms with E-state index in [2.05, 4.69) is 0 Å². The van der Waals surface area contributed by atoms with Gasteiger partial charge in [0.25, 0.3) is 0 Å². The van der Waals surface area contributed by atoms with Gasteiger partial charge in [-0.1, -0.05) is 0 Å². The van der Waals surface area contributed by atoms with Crippen molar-refractivity contribution in [3.8, 4) is 0 Å². The highest BCUT2D eigenvalue weighted by molar-refractivity contribution is 5.71. The van der Waals surface area contributed by atoms with Gasteiger partial charge in [-0.05, 0) is 33.6 Å². The van der Waals surface area contributed by atoms with E-state index in [4.69, 9.17) is 14.6 Å². The Bertz CT molecular complexity index is 292. The second-order valence-corrected chi connectivity index (χ2v) is 5.35. The quantitative estimate of drug-likeness (QED) is 0.760. The molecule has 2 atom stereocenters. The number of hydrogen-bond donors (Lipinski definition) is 1. The zero-order valence-electron chi connectivity index (χ0n) is 10.6. The average molecular weight is 244 g/mol. The van der Waals surface area contributed by atoms with Crippen molar-refractivity contribution in [3.05, 3.63) is 0 Å². The van der Waals surface area contributed by atoms with Crippen molar-refractivity contribution in [1.29, 1.82) is 0 Å². The van der Waals surface area contributed by atoms with Crippen LogP contribution in [-0.4, -0.2) is 35.4 Å². The van der Waals surface area contributed by atoms with Gasteiger partial charge in [-0.3, -0.25) is 9.59 Å². The molecule has 0 aromatic heterocycles. The minimum Gasteiger partial charge on any atom is -0.481 e. The lowest BCUT2D eigenvalue weighted by molar-refractivity contribution is -0.155. The molecule has 5 nitrogen and oxygen atoms in total. The van der Waals surface area contributed by atoms with E-state index >= 15 is 0 Å². The molecule has 0 bridgehead atoms. The number of carbonyl (C=O) groups is 2. The minimum atomic E-state index is -0.829. The van der Waals surface area contributed by atoms with E-state index in [9.17, 15) is 9.59 Å². The number of ether oxygens (including phenoxy) is 2. The molecular formula is C12H20O5.